The van der Waals surface area contributed by atoms with Gasteiger partial charge in [0.2, 0.25) is 0 Å². The van der Waals surface area contributed by atoms with Gasteiger partial charge in [0.1, 0.15) is 17.3 Å². The van der Waals surface area contributed by atoms with Crippen LogP contribution < -0.4 is 10.1 Å². The lowest BCUT2D eigenvalue weighted by Gasteiger charge is -2.08. The third kappa shape index (κ3) is 3.27. The number of methoxy groups -OCH3 is 1. The van der Waals surface area contributed by atoms with Crippen molar-refractivity contribution in [2.24, 2.45) is 0 Å². The normalized spacial score (nSPS) is 9.95. The van der Waals surface area contributed by atoms with Crippen LogP contribution in [0, 0.1) is 0 Å². The maximum atomic E-state index is 12.1. The first kappa shape index (κ1) is 14.3. The van der Waals surface area contributed by atoms with Crippen LogP contribution in [0.4, 0.5) is 5.82 Å². The van der Waals surface area contributed by atoms with Gasteiger partial charge in [-0.25, -0.2) is 9.78 Å². The molecule has 2 rings (SSSR count). The molecule has 3 N–H and O–H groups in total. The summed E-state index contributed by atoms with van der Waals surface area (Å²) in [4.78, 5) is 26.8. The summed E-state index contributed by atoms with van der Waals surface area (Å²) in [7, 11) is 1.44. The van der Waals surface area contributed by atoms with Gasteiger partial charge in [-0.3, -0.25) is 4.79 Å². The third-order valence-corrected chi connectivity index (χ3v) is 2.70. The molecule has 0 saturated heterocycles. The molecule has 108 valence electrons. The lowest BCUT2D eigenvalue weighted by molar-refractivity contribution is 0.0696. The number of rotatable bonds is 4. The van der Waals surface area contributed by atoms with Crippen LogP contribution in [0.5, 0.6) is 11.5 Å². The first-order valence-electron chi connectivity index (χ1n) is 5.89. The summed E-state index contributed by atoms with van der Waals surface area (Å²) in [6.07, 6.45) is 1.27. The van der Waals surface area contributed by atoms with E-state index in [4.69, 9.17) is 9.84 Å². The second-order valence-electron chi connectivity index (χ2n) is 4.07. The smallest absolute Gasteiger partial charge is 0.335 e. The van der Waals surface area contributed by atoms with Crippen molar-refractivity contribution in [3.63, 3.8) is 0 Å². The second kappa shape index (κ2) is 5.91. The molecule has 0 spiro atoms. The van der Waals surface area contributed by atoms with Crippen LogP contribution in [0.3, 0.4) is 0 Å². The predicted molar refractivity (Wildman–Crippen MR) is 73.8 cm³/mol. The number of hydrogen-bond acceptors (Lipinski definition) is 5. The maximum absolute atomic E-state index is 12.1. The van der Waals surface area contributed by atoms with E-state index in [1.807, 2.05) is 0 Å². The molecule has 7 heteroatoms. The number of carbonyl (C=O) groups excluding carboxylic acids is 1. The summed E-state index contributed by atoms with van der Waals surface area (Å²) >= 11 is 0. The molecule has 0 saturated carbocycles. The van der Waals surface area contributed by atoms with Crippen molar-refractivity contribution < 1.29 is 24.5 Å². The van der Waals surface area contributed by atoms with Gasteiger partial charge in [-0.1, -0.05) is 0 Å². The average Bonchev–Trinajstić information content (AvgIpc) is 2.48. The molecule has 1 heterocycles. The number of aromatic carboxylic acids is 1. The molecule has 0 fully saturated rings. The molecule has 1 aromatic heterocycles. The van der Waals surface area contributed by atoms with E-state index in [0.717, 1.165) is 0 Å². The van der Waals surface area contributed by atoms with Crippen molar-refractivity contribution in [1.82, 2.24) is 4.98 Å². The summed E-state index contributed by atoms with van der Waals surface area (Å²) in [5.41, 5.74) is -0.00737. The summed E-state index contributed by atoms with van der Waals surface area (Å²) in [5, 5.41) is 21.0. The Morgan fingerprint density at radius 3 is 2.67 bits per heavy atom. The van der Waals surface area contributed by atoms with Crippen LogP contribution >= 0.6 is 0 Å². The zero-order valence-electron chi connectivity index (χ0n) is 11.0. The number of amides is 1. The fraction of sp³-hybridized carbons (Fsp3) is 0.0714. The zero-order chi connectivity index (χ0) is 15.4. The van der Waals surface area contributed by atoms with Gasteiger partial charge < -0.3 is 20.3 Å². The van der Waals surface area contributed by atoms with Crippen LogP contribution in [-0.4, -0.2) is 34.2 Å². The number of nitrogens with one attached hydrogen (secondary N) is 1. The number of carboxylic acid groups (broad SMARTS) is 1. The molecular weight excluding hydrogens is 276 g/mol. The van der Waals surface area contributed by atoms with Crippen LogP contribution in [0.15, 0.2) is 36.5 Å². The van der Waals surface area contributed by atoms with Crippen molar-refractivity contribution >= 4 is 17.7 Å². The van der Waals surface area contributed by atoms with Gasteiger partial charge in [-0.05, 0) is 30.3 Å². The van der Waals surface area contributed by atoms with Crippen LogP contribution in [0.1, 0.15) is 20.7 Å². The minimum absolute atomic E-state index is 0.00289. The van der Waals surface area contributed by atoms with Gasteiger partial charge in [0.05, 0.1) is 18.2 Å². The number of carboxylic acids is 1. The first-order valence-corrected chi connectivity index (χ1v) is 5.89. The molecule has 0 unspecified atom stereocenters. The van der Waals surface area contributed by atoms with Crippen molar-refractivity contribution in [2.45, 2.75) is 0 Å². The second-order valence-corrected chi connectivity index (χ2v) is 4.07. The Morgan fingerprint density at radius 2 is 2.00 bits per heavy atom. The number of aromatic nitrogens is 1. The Hall–Kier alpha value is -3.09. The minimum Gasteiger partial charge on any atom is -0.507 e. The van der Waals surface area contributed by atoms with Gasteiger partial charge in [0.25, 0.3) is 5.91 Å². The number of benzene rings is 1. The number of hydrogen-bond donors (Lipinski definition) is 3. The highest BCUT2D eigenvalue weighted by Crippen LogP contribution is 2.23. The molecule has 0 bridgehead atoms. The van der Waals surface area contributed by atoms with Crippen LogP contribution in [0.25, 0.3) is 0 Å². The number of phenols is 1. The number of anilines is 1. The summed E-state index contributed by atoms with van der Waals surface area (Å²) in [5.74, 6) is -1.49. The van der Waals surface area contributed by atoms with E-state index in [0.29, 0.717) is 5.75 Å². The lowest BCUT2D eigenvalue weighted by Crippen LogP contribution is -2.14. The highest BCUT2D eigenvalue weighted by atomic mass is 16.5. The number of phenolic OH excluding ortho intramolecular Hbond substituents is 1. The summed E-state index contributed by atoms with van der Waals surface area (Å²) < 4.78 is 4.98. The average molecular weight is 288 g/mol. The SMILES string of the molecule is COc1ccc(O)c(C(=O)Nc2cc(C(=O)O)ccn2)c1. The Morgan fingerprint density at radius 1 is 1.24 bits per heavy atom. The van der Waals surface area contributed by atoms with E-state index in [1.165, 1.54) is 43.6 Å². The van der Waals surface area contributed by atoms with E-state index >= 15 is 0 Å². The molecule has 2 aromatic rings. The minimum atomic E-state index is -1.13. The fourth-order valence-corrected chi connectivity index (χ4v) is 1.64. The van der Waals surface area contributed by atoms with Crippen LogP contribution in [-0.2, 0) is 0 Å². The maximum Gasteiger partial charge on any atom is 0.335 e. The fourth-order valence-electron chi connectivity index (χ4n) is 1.64. The molecule has 0 atom stereocenters. The zero-order valence-corrected chi connectivity index (χ0v) is 11.0. The number of pyridine rings is 1. The van der Waals surface area contributed by atoms with Gasteiger partial charge in [0, 0.05) is 6.20 Å². The molecule has 0 radical (unpaired) electrons. The monoisotopic (exact) mass is 288 g/mol. The topological polar surface area (TPSA) is 109 Å². The summed E-state index contributed by atoms with van der Waals surface area (Å²) in [6, 6.07) is 6.73. The van der Waals surface area contributed by atoms with Crippen LogP contribution in [0.2, 0.25) is 0 Å². The van der Waals surface area contributed by atoms with Gasteiger partial charge in [0.15, 0.2) is 0 Å². The van der Waals surface area contributed by atoms with E-state index in [-0.39, 0.29) is 22.7 Å². The molecule has 21 heavy (non-hydrogen) atoms. The van der Waals surface area contributed by atoms with E-state index in [1.54, 1.807) is 0 Å². The standard InChI is InChI=1S/C14H12N2O5/c1-21-9-2-3-11(17)10(7-9)13(18)16-12-6-8(14(19)20)4-5-15-12/h2-7,17H,1H3,(H,19,20)(H,15,16,18). The van der Waals surface area contributed by atoms with Crippen molar-refractivity contribution in [3.05, 3.63) is 47.7 Å². The molecule has 7 nitrogen and oxygen atoms in total. The largest absolute Gasteiger partial charge is 0.507 e. The molecule has 0 aliphatic carbocycles. The van der Waals surface area contributed by atoms with Gasteiger partial charge in [-0.2, -0.15) is 0 Å². The Labute approximate surface area is 119 Å². The van der Waals surface area contributed by atoms with Gasteiger partial charge in [-0.15, -0.1) is 0 Å². The first-order chi connectivity index (χ1) is 10.0. The molecule has 0 aliphatic rings. The highest BCUT2D eigenvalue weighted by Gasteiger charge is 2.14. The molecule has 1 amide bonds. The van der Waals surface area contributed by atoms with Crippen molar-refractivity contribution in [2.75, 3.05) is 12.4 Å². The molecule has 1 aromatic carbocycles. The number of aromatic hydroxyl groups is 1. The predicted octanol–water partition coefficient (Wildman–Crippen LogP) is 1.75. The number of carbonyl (C=O) groups is 2. The third-order valence-electron chi connectivity index (χ3n) is 2.70. The quantitative estimate of drug-likeness (QED) is 0.790. The van der Waals surface area contributed by atoms with Crippen molar-refractivity contribution in [3.8, 4) is 11.5 Å². The number of nitrogens with zero attached hydrogens (tertiary/aromatic N) is 1. The van der Waals surface area contributed by atoms with Gasteiger partial charge >= 0.3 is 5.97 Å². The van der Waals surface area contributed by atoms with E-state index in [2.05, 4.69) is 10.3 Å². The number of ether oxygens (including phenoxy) is 1. The van der Waals surface area contributed by atoms with Crippen molar-refractivity contribution in [1.29, 1.82) is 0 Å². The van der Waals surface area contributed by atoms with E-state index < -0.39 is 11.9 Å². The molecule has 0 aliphatic heterocycles. The Balaban J connectivity index is 2.25. The summed E-state index contributed by atoms with van der Waals surface area (Å²) in [6.45, 7) is 0. The van der Waals surface area contributed by atoms with E-state index in [9.17, 15) is 14.7 Å². The molecular formula is C14H12N2O5. The Bertz CT molecular complexity index is 700. The highest BCUT2D eigenvalue weighted by molar-refractivity contribution is 6.06. The Kier molecular flexibility index (Phi) is 4.03. The lowest BCUT2D eigenvalue weighted by atomic mass is 10.1.